The molecule has 21 heavy (non-hydrogen) atoms. The molecule has 1 fully saturated rings. The Bertz CT molecular complexity index is 659. The van der Waals surface area contributed by atoms with E-state index in [0.717, 1.165) is 18.8 Å². The maximum absolute atomic E-state index is 12.1. The molecule has 2 aromatic heterocycles. The van der Waals surface area contributed by atoms with Gasteiger partial charge in [0.1, 0.15) is 0 Å². The summed E-state index contributed by atoms with van der Waals surface area (Å²) in [6.45, 7) is 3.08. The highest BCUT2D eigenvalue weighted by Gasteiger charge is 2.12. The third-order valence-corrected chi connectivity index (χ3v) is 3.91. The van der Waals surface area contributed by atoms with Gasteiger partial charge in [0.25, 0.3) is 5.56 Å². The SMILES string of the molecule is O=c1cc(N2CCCCC2)cnn1CCn1cc(Cl)cn1. The van der Waals surface area contributed by atoms with Crippen LogP contribution in [0.25, 0.3) is 0 Å². The van der Waals surface area contributed by atoms with Crippen LogP contribution in [0.1, 0.15) is 19.3 Å². The number of aryl methyl sites for hydroxylation is 2. The van der Waals surface area contributed by atoms with Gasteiger partial charge in [-0.05, 0) is 19.3 Å². The molecule has 0 amide bonds. The summed E-state index contributed by atoms with van der Waals surface area (Å²) in [5, 5.41) is 8.94. The standard InChI is InChI=1S/C14H18ClN5O/c15-12-9-16-19(11-12)6-7-20-14(21)8-13(10-17-20)18-4-2-1-3-5-18/h8-11H,1-7H2. The van der Waals surface area contributed by atoms with Crippen LogP contribution in [0.3, 0.4) is 0 Å². The van der Waals surface area contributed by atoms with Crippen LogP contribution >= 0.6 is 11.6 Å². The summed E-state index contributed by atoms with van der Waals surface area (Å²) in [6, 6.07) is 1.67. The van der Waals surface area contributed by atoms with Gasteiger partial charge < -0.3 is 4.90 Å². The van der Waals surface area contributed by atoms with Gasteiger partial charge in [-0.15, -0.1) is 0 Å². The molecular formula is C14H18ClN5O. The van der Waals surface area contributed by atoms with Crippen molar-refractivity contribution in [2.45, 2.75) is 32.4 Å². The van der Waals surface area contributed by atoms with Crippen molar-refractivity contribution in [2.24, 2.45) is 0 Å². The lowest BCUT2D eigenvalue weighted by molar-refractivity contribution is 0.481. The Labute approximate surface area is 127 Å². The van der Waals surface area contributed by atoms with Crippen LogP contribution in [0.15, 0.2) is 29.5 Å². The van der Waals surface area contributed by atoms with E-state index in [1.807, 2.05) is 0 Å². The van der Waals surface area contributed by atoms with E-state index in [4.69, 9.17) is 11.6 Å². The van der Waals surface area contributed by atoms with Gasteiger partial charge in [0.05, 0.1) is 36.2 Å². The molecule has 3 heterocycles. The number of piperidine rings is 1. The largest absolute Gasteiger partial charge is 0.370 e. The molecule has 7 heteroatoms. The van der Waals surface area contributed by atoms with Gasteiger partial charge in [0, 0.05) is 25.4 Å². The summed E-state index contributed by atoms with van der Waals surface area (Å²) < 4.78 is 3.16. The molecule has 2 aromatic rings. The molecule has 0 atom stereocenters. The number of hydrogen-bond donors (Lipinski definition) is 0. The highest BCUT2D eigenvalue weighted by atomic mass is 35.5. The smallest absolute Gasteiger partial charge is 0.268 e. The lowest BCUT2D eigenvalue weighted by Gasteiger charge is -2.28. The molecule has 0 radical (unpaired) electrons. The van der Waals surface area contributed by atoms with Gasteiger partial charge in [-0.3, -0.25) is 9.48 Å². The Morgan fingerprint density at radius 1 is 1.10 bits per heavy atom. The Hall–Kier alpha value is -1.82. The number of halogens is 1. The van der Waals surface area contributed by atoms with Crippen molar-refractivity contribution < 1.29 is 0 Å². The average molecular weight is 308 g/mol. The first-order valence-electron chi connectivity index (χ1n) is 7.22. The van der Waals surface area contributed by atoms with Crippen LogP contribution in [0.4, 0.5) is 5.69 Å². The Balaban J connectivity index is 1.67. The normalized spacial score (nSPS) is 15.4. The van der Waals surface area contributed by atoms with E-state index in [1.54, 1.807) is 29.3 Å². The van der Waals surface area contributed by atoms with E-state index in [2.05, 4.69) is 15.1 Å². The minimum absolute atomic E-state index is 0.0728. The molecule has 0 saturated carbocycles. The summed E-state index contributed by atoms with van der Waals surface area (Å²) in [5.41, 5.74) is 0.856. The molecular weight excluding hydrogens is 290 g/mol. The number of rotatable bonds is 4. The molecule has 1 aliphatic heterocycles. The van der Waals surface area contributed by atoms with E-state index >= 15 is 0 Å². The van der Waals surface area contributed by atoms with Gasteiger partial charge in [-0.25, -0.2) is 4.68 Å². The van der Waals surface area contributed by atoms with Crippen LogP contribution in [0.2, 0.25) is 5.02 Å². The summed E-state index contributed by atoms with van der Waals surface area (Å²) in [4.78, 5) is 14.4. The maximum atomic E-state index is 12.1. The molecule has 0 aliphatic carbocycles. The second-order valence-corrected chi connectivity index (χ2v) is 5.68. The molecule has 6 nitrogen and oxygen atoms in total. The monoisotopic (exact) mass is 307 g/mol. The highest BCUT2D eigenvalue weighted by Crippen LogP contribution is 2.16. The fourth-order valence-corrected chi connectivity index (χ4v) is 2.73. The minimum atomic E-state index is -0.0728. The summed E-state index contributed by atoms with van der Waals surface area (Å²) >= 11 is 5.81. The predicted octanol–water partition coefficient (Wildman–Crippen LogP) is 1.78. The van der Waals surface area contributed by atoms with Gasteiger partial charge >= 0.3 is 0 Å². The predicted molar refractivity (Wildman–Crippen MR) is 81.8 cm³/mol. The Morgan fingerprint density at radius 3 is 2.57 bits per heavy atom. The molecule has 0 spiro atoms. The van der Waals surface area contributed by atoms with E-state index in [1.165, 1.54) is 23.9 Å². The first kappa shape index (κ1) is 14.1. The second-order valence-electron chi connectivity index (χ2n) is 5.24. The molecule has 0 unspecified atom stereocenters. The van der Waals surface area contributed by atoms with E-state index in [-0.39, 0.29) is 5.56 Å². The second kappa shape index (κ2) is 6.30. The van der Waals surface area contributed by atoms with Crippen LogP contribution in [0.5, 0.6) is 0 Å². The Kier molecular flexibility index (Phi) is 4.24. The molecule has 1 aliphatic rings. The molecule has 0 aromatic carbocycles. The van der Waals surface area contributed by atoms with Crippen molar-refractivity contribution in [1.82, 2.24) is 19.6 Å². The van der Waals surface area contributed by atoms with Crippen molar-refractivity contribution in [3.63, 3.8) is 0 Å². The first-order valence-corrected chi connectivity index (χ1v) is 7.60. The molecule has 0 N–H and O–H groups in total. The van der Waals surface area contributed by atoms with Gasteiger partial charge in [0.15, 0.2) is 0 Å². The maximum Gasteiger partial charge on any atom is 0.268 e. The fraction of sp³-hybridized carbons (Fsp3) is 0.500. The number of nitrogens with zero attached hydrogens (tertiary/aromatic N) is 5. The van der Waals surface area contributed by atoms with Crippen molar-refractivity contribution in [3.8, 4) is 0 Å². The average Bonchev–Trinajstić information content (AvgIpc) is 2.92. The zero-order valence-corrected chi connectivity index (χ0v) is 12.5. The van der Waals surface area contributed by atoms with E-state index in [0.29, 0.717) is 18.1 Å². The van der Waals surface area contributed by atoms with Crippen LogP contribution in [0, 0.1) is 0 Å². The van der Waals surface area contributed by atoms with Crippen LogP contribution in [-0.2, 0) is 13.1 Å². The van der Waals surface area contributed by atoms with Crippen molar-refractivity contribution in [3.05, 3.63) is 40.0 Å². The molecule has 1 saturated heterocycles. The zero-order chi connectivity index (χ0) is 14.7. The van der Waals surface area contributed by atoms with Crippen molar-refractivity contribution in [2.75, 3.05) is 18.0 Å². The highest BCUT2D eigenvalue weighted by molar-refractivity contribution is 6.30. The topological polar surface area (TPSA) is 56.0 Å². The first-order chi connectivity index (χ1) is 10.2. The number of anilines is 1. The summed E-state index contributed by atoms with van der Waals surface area (Å²) in [7, 11) is 0. The summed E-state index contributed by atoms with van der Waals surface area (Å²) in [5.74, 6) is 0. The van der Waals surface area contributed by atoms with E-state index < -0.39 is 0 Å². The third kappa shape index (κ3) is 3.44. The van der Waals surface area contributed by atoms with E-state index in [9.17, 15) is 4.79 Å². The molecule has 0 bridgehead atoms. The zero-order valence-electron chi connectivity index (χ0n) is 11.8. The quantitative estimate of drug-likeness (QED) is 0.864. The molecule has 3 rings (SSSR count). The lowest BCUT2D eigenvalue weighted by Crippen LogP contribution is -2.32. The van der Waals surface area contributed by atoms with Crippen LogP contribution in [-0.4, -0.2) is 32.7 Å². The third-order valence-electron chi connectivity index (χ3n) is 3.72. The van der Waals surface area contributed by atoms with Crippen molar-refractivity contribution in [1.29, 1.82) is 0 Å². The fourth-order valence-electron chi connectivity index (χ4n) is 2.57. The Morgan fingerprint density at radius 2 is 1.90 bits per heavy atom. The number of aromatic nitrogens is 4. The number of hydrogen-bond acceptors (Lipinski definition) is 4. The van der Waals surface area contributed by atoms with Crippen molar-refractivity contribution >= 4 is 17.3 Å². The lowest BCUT2D eigenvalue weighted by atomic mass is 10.1. The van der Waals surface area contributed by atoms with Gasteiger partial charge in [-0.2, -0.15) is 10.2 Å². The van der Waals surface area contributed by atoms with Gasteiger partial charge in [-0.1, -0.05) is 11.6 Å². The van der Waals surface area contributed by atoms with Crippen LogP contribution < -0.4 is 10.5 Å². The summed E-state index contributed by atoms with van der Waals surface area (Å²) in [6.07, 6.45) is 8.73. The molecule has 112 valence electrons. The van der Waals surface area contributed by atoms with Gasteiger partial charge in [0.2, 0.25) is 0 Å². The minimum Gasteiger partial charge on any atom is -0.370 e.